The molecule has 3 aromatic rings. The molecular weight excluding hydrogens is 639 g/mol. The van der Waals surface area contributed by atoms with Crippen molar-refractivity contribution >= 4 is 11.8 Å². The van der Waals surface area contributed by atoms with E-state index in [1.165, 1.54) is 27.8 Å². The molecule has 4 heteroatoms. The Bertz CT molecular complexity index is 1830. The average molecular weight is 678 g/mol. The van der Waals surface area contributed by atoms with Crippen molar-refractivity contribution < 1.29 is 41.4 Å². The van der Waals surface area contributed by atoms with Gasteiger partial charge >= 0.3 is 265 Å². The van der Waals surface area contributed by atoms with Crippen LogP contribution in [0.15, 0.2) is 180 Å². The molecule has 0 aliphatic heterocycles. The SMILES string of the molecule is CC1=CC2=C(C=CC=CC2c2ccccc2)[CH]1[Ti+2]([CH]1C(c2ccccc2)=CC2=C1C=CC=CC2c1ccccc1)=[Si](C)C.[Cl-].[Cl-]. The third kappa shape index (κ3) is 6.39. The summed E-state index contributed by atoms with van der Waals surface area (Å²) < 4.78 is 1.06. The van der Waals surface area contributed by atoms with E-state index in [1.807, 2.05) is 0 Å². The number of benzene rings is 3. The van der Waals surface area contributed by atoms with Gasteiger partial charge in [-0.1, -0.05) is 0 Å². The Balaban J connectivity index is 0.00000200. The van der Waals surface area contributed by atoms with Crippen LogP contribution in [0.5, 0.6) is 0 Å². The van der Waals surface area contributed by atoms with Crippen LogP contribution in [0.25, 0.3) is 5.57 Å². The van der Waals surface area contributed by atoms with Crippen LogP contribution in [0.3, 0.4) is 0 Å². The molecule has 0 saturated heterocycles. The molecule has 0 fully saturated rings. The number of allylic oxidation sites excluding steroid dienone is 16. The molecule has 4 aliphatic rings. The zero-order valence-electron chi connectivity index (χ0n) is 26.0. The summed E-state index contributed by atoms with van der Waals surface area (Å²) in [7, 11) is 0. The van der Waals surface area contributed by atoms with E-state index in [0.29, 0.717) is 14.4 Å². The molecule has 0 bridgehead atoms. The zero-order chi connectivity index (χ0) is 29.3. The Morgan fingerprint density at radius 3 is 1.51 bits per heavy atom. The van der Waals surface area contributed by atoms with Crippen LogP contribution in [-0.2, 0) is 16.6 Å². The maximum Gasteiger partial charge on any atom is -1.00 e. The zero-order valence-corrected chi connectivity index (χ0v) is 30.1. The molecule has 45 heavy (non-hydrogen) atoms. The van der Waals surface area contributed by atoms with Gasteiger partial charge in [-0.2, -0.15) is 0 Å². The smallest absolute Gasteiger partial charge is 1.00 e. The summed E-state index contributed by atoms with van der Waals surface area (Å²) in [4.78, 5) is 0. The van der Waals surface area contributed by atoms with Crippen LogP contribution >= 0.6 is 0 Å². The fourth-order valence-corrected chi connectivity index (χ4v) is 21.2. The van der Waals surface area contributed by atoms with Crippen LogP contribution in [0.4, 0.5) is 0 Å². The number of halogens is 2. The van der Waals surface area contributed by atoms with E-state index in [2.05, 4.69) is 172 Å². The molecule has 3 aromatic carbocycles. The van der Waals surface area contributed by atoms with Gasteiger partial charge in [0.2, 0.25) is 0 Å². The second-order valence-corrected chi connectivity index (χ2v) is 24.6. The molecule has 0 N–H and O–H groups in total. The van der Waals surface area contributed by atoms with Crippen molar-refractivity contribution in [2.45, 2.75) is 40.3 Å². The minimum Gasteiger partial charge on any atom is -1.00 e. The quantitative estimate of drug-likeness (QED) is 0.337. The molecule has 0 radical (unpaired) electrons. The Hall–Kier alpha value is -2.91. The molecule has 4 aliphatic carbocycles. The van der Waals surface area contributed by atoms with Crippen LogP contribution in [-0.4, -0.2) is 6.19 Å². The summed E-state index contributed by atoms with van der Waals surface area (Å²) in [6, 6.07) is 33.5. The summed E-state index contributed by atoms with van der Waals surface area (Å²) in [5.74, 6) is 0.583. The fraction of sp³-hybridized carbons (Fsp3) is 0.171. The fourth-order valence-electron chi connectivity index (χ4n) is 7.57. The van der Waals surface area contributed by atoms with Crippen LogP contribution < -0.4 is 24.8 Å². The molecule has 0 aromatic heterocycles. The summed E-state index contributed by atoms with van der Waals surface area (Å²) in [6.07, 6.45) is 23.5. The summed E-state index contributed by atoms with van der Waals surface area (Å²) in [6.45, 7) is 7.67. The summed E-state index contributed by atoms with van der Waals surface area (Å²) in [5.41, 5.74) is 13.5. The normalized spacial score (nSPS) is 22.6. The molecule has 0 saturated carbocycles. The van der Waals surface area contributed by atoms with Crippen molar-refractivity contribution in [1.82, 2.24) is 0 Å². The molecule has 0 heterocycles. The van der Waals surface area contributed by atoms with Crippen molar-refractivity contribution in [2.24, 2.45) is 0 Å². The van der Waals surface area contributed by atoms with Gasteiger partial charge in [0.25, 0.3) is 0 Å². The second-order valence-electron chi connectivity index (χ2n) is 12.3. The Morgan fingerprint density at radius 2 is 1.00 bits per heavy atom. The van der Waals surface area contributed by atoms with E-state index in [4.69, 9.17) is 0 Å². The first-order valence-corrected chi connectivity index (χ1v) is 22.2. The molecule has 7 rings (SSSR count). The minimum atomic E-state index is -1.87. The molecule has 224 valence electrons. The first-order chi connectivity index (χ1) is 21.1. The maximum atomic E-state index is 2.62. The van der Waals surface area contributed by atoms with Crippen LogP contribution in [0, 0.1) is 0 Å². The monoisotopic (exact) mass is 676 g/mol. The number of hydrogen-bond acceptors (Lipinski definition) is 0. The van der Waals surface area contributed by atoms with Gasteiger partial charge in [0, 0.05) is 0 Å². The summed E-state index contributed by atoms with van der Waals surface area (Å²) >= 11 is -1.87. The van der Waals surface area contributed by atoms with E-state index in [9.17, 15) is 0 Å². The van der Waals surface area contributed by atoms with Crippen LogP contribution in [0.1, 0.15) is 35.4 Å². The van der Waals surface area contributed by atoms with Crippen molar-refractivity contribution in [3.05, 3.63) is 196 Å². The van der Waals surface area contributed by atoms with Gasteiger partial charge < -0.3 is 24.8 Å². The maximum absolute atomic E-state index is 2.62. The average Bonchev–Trinajstić information content (AvgIpc) is 3.36. The first kappa shape index (κ1) is 33.5. The molecule has 0 amide bonds. The molecular formula is C41H38Cl2SiTi. The van der Waals surface area contributed by atoms with Crippen molar-refractivity contribution in [3.63, 3.8) is 0 Å². The third-order valence-electron chi connectivity index (χ3n) is 9.42. The van der Waals surface area contributed by atoms with Gasteiger partial charge in [0.05, 0.1) is 0 Å². The topological polar surface area (TPSA) is 0 Å². The van der Waals surface area contributed by atoms with Gasteiger partial charge in [0.15, 0.2) is 0 Å². The Morgan fingerprint density at radius 1 is 0.533 bits per heavy atom. The van der Waals surface area contributed by atoms with Crippen molar-refractivity contribution in [1.29, 1.82) is 0 Å². The first-order valence-electron chi connectivity index (χ1n) is 15.5. The largest absolute Gasteiger partial charge is 1.00 e. The Labute approximate surface area is 287 Å². The molecule has 4 atom stereocenters. The Kier molecular flexibility index (Phi) is 10.9. The predicted molar refractivity (Wildman–Crippen MR) is 182 cm³/mol. The molecule has 0 spiro atoms. The third-order valence-corrected chi connectivity index (χ3v) is 22.5. The van der Waals surface area contributed by atoms with Crippen molar-refractivity contribution in [2.75, 3.05) is 0 Å². The van der Waals surface area contributed by atoms with Gasteiger partial charge in [-0.3, -0.25) is 0 Å². The van der Waals surface area contributed by atoms with Gasteiger partial charge in [-0.05, 0) is 0 Å². The molecule has 0 nitrogen and oxygen atoms in total. The van der Waals surface area contributed by atoms with Gasteiger partial charge in [-0.25, -0.2) is 0 Å². The second kappa shape index (κ2) is 14.7. The van der Waals surface area contributed by atoms with E-state index < -0.39 is 22.8 Å². The number of hydrogen-bond donors (Lipinski definition) is 0. The number of rotatable bonds is 5. The van der Waals surface area contributed by atoms with E-state index >= 15 is 0 Å². The van der Waals surface area contributed by atoms with E-state index in [1.54, 1.807) is 22.3 Å². The van der Waals surface area contributed by atoms with Crippen LogP contribution in [0.2, 0.25) is 21.5 Å². The standard InChI is InChI=1S/C22H17.C17H15.C2H6Si.2ClH.Ti/c1-3-9-17(10-4-1)20-15-19-13-7-8-14-21(22(19)16-20)18-11-5-2-6-12-18;1-13-11-15-9-5-6-10-16(17(15)12-13)14-7-3-2-4-8-14;1-3-2;;;/h1-16,21H;2-12,16H,1H3;1-2H3;2*1H;/q;;;;;+2/p-2. The van der Waals surface area contributed by atoms with E-state index in [-0.39, 0.29) is 30.7 Å². The minimum absolute atomic E-state index is 0. The molecule has 4 unspecified atom stereocenters. The van der Waals surface area contributed by atoms with Crippen molar-refractivity contribution in [3.8, 4) is 0 Å². The predicted octanol–water partition coefficient (Wildman–Crippen LogP) is 4.91. The van der Waals surface area contributed by atoms with Gasteiger partial charge in [-0.15, -0.1) is 0 Å². The summed E-state index contributed by atoms with van der Waals surface area (Å²) in [5, 5.41) is 0. The van der Waals surface area contributed by atoms with Gasteiger partial charge in [0.1, 0.15) is 0 Å². The van der Waals surface area contributed by atoms with E-state index in [0.717, 1.165) is 0 Å².